The molecular weight excluding hydrogens is 463 g/mol. The maximum atomic E-state index is 13.9. The van der Waals surface area contributed by atoms with Gasteiger partial charge >= 0.3 is 0 Å². The van der Waals surface area contributed by atoms with Gasteiger partial charge in [0.25, 0.3) is 5.56 Å². The lowest BCUT2D eigenvalue weighted by atomic mass is 9.96. The maximum Gasteiger partial charge on any atom is 0.273 e. The topological polar surface area (TPSA) is 67.2 Å². The van der Waals surface area contributed by atoms with E-state index in [9.17, 15) is 14.0 Å². The van der Waals surface area contributed by atoms with Crippen LogP contribution in [0.4, 0.5) is 16.0 Å². The number of fused-ring (bicyclic) bond motifs is 1. The largest absolute Gasteiger partial charge is 0.342 e. The lowest BCUT2D eigenvalue weighted by molar-refractivity contribution is -0.120. The molecule has 1 amide bonds. The van der Waals surface area contributed by atoms with Crippen LogP contribution in [-0.2, 0) is 11.3 Å². The van der Waals surface area contributed by atoms with Gasteiger partial charge < -0.3 is 10.2 Å². The highest BCUT2D eigenvalue weighted by molar-refractivity contribution is 7.17. The first-order valence-corrected chi connectivity index (χ1v) is 12.6. The standard InChI is InChI=1S/C27H27FN4O2S/c1-17-3-6-19(7-4-17)16-32-26(34)24-23(11-14-35-24)30-27(32)31-12-9-20(10-13-31)25(33)29-21-8-5-18(2)22(28)15-21/h3-8,11,14-15,20H,9-10,12-13,16H2,1-2H3,(H,29,33). The zero-order valence-electron chi connectivity index (χ0n) is 19.8. The predicted octanol–water partition coefficient (Wildman–Crippen LogP) is 5.12. The van der Waals surface area contributed by atoms with Crippen molar-refractivity contribution in [1.29, 1.82) is 0 Å². The normalized spacial score (nSPS) is 14.4. The number of aromatic nitrogens is 2. The number of halogens is 1. The molecule has 6 nitrogen and oxygen atoms in total. The molecule has 1 aliphatic rings. The summed E-state index contributed by atoms with van der Waals surface area (Å²) in [4.78, 5) is 33.1. The van der Waals surface area contributed by atoms with Gasteiger partial charge in [0.2, 0.25) is 11.9 Å². The summed E-state index contributed by atoms with van der Waals surface area (Å²) < 4.78 is 16.3. The summed E-state index contributed by atoms with van der Waals surface area (Å²) in [5, 5.41) is 4.74. The number of carbonyl (C=O) groups is 1. The Labute approximate surface area is 207 Å². The minimum absolute atomic E-state index is 0.0400. The highest BCUT2D eigenvalue weighted by Gasteiger charge is 2.28. The third-order valence-corrected chi connectivity index (χ3v) is 7.49. The quantitative estimate of drug-likeness (QED) is 0.422. The molecule has 0 saturated carbocycles. The second-order valence-electron chi connectivity index (χ2n) is 9.14. The Balaban J connectivity index is 1.35. The Morgan fingerprint density at radius 2 is 1.86 bits per heavy atom. The van der Waals surface area contributed by atoms with Crippen molar-refractivity contribution in [1.82, 2.24) is 9.55 Å². The molecule has 5 rings (SSSR count). The van der Waals surface area contributed by atoms with Crippen LogP contribution in [-0.4, -0.2) is 28.5 Å². The van der Waals surface area contributed by atoms with Crippen LogP contribution in [0.1, 0.15) is 29.5 Å². The van der Waals surface area contributed by atoms with Gasteiger partial charge in [-0.15, -0.1) is 11.3 Å². The highest BCUT2D eigenvalue weighted by atomic mass is 32.1. The molecule has 0 unspecified atom stereocenters. The van der Waals surface area contributed by atoms with Crippen LogP contribution < -0.4 is 15.8 Å². The molecule has 2 aromatic carbocycles. The number of thiophene rings is 1. The van der Waals surface area contributed by atoms with Crippen LogP contribution in [0.5, 0.6) is 0 Å². The zero-order chi connectivity index (χ0) is 24.5. The fourth-order valence-electron chi connectivity index (χ4n) is 4.45. The van der Waals surface area contributed by atoms with Gasteiger partial charge in [-0.05, 0) is 61.4 Å². The number of amides is 1. The van der Waals surface area contributed by atoms with Gasteiger partial charge in [0.15, 0.2) is 0 Å². The number of hydrogen-bond acceptors (Lipinski definition) is 5. The van der Waals surface area contributed by atoms with Crippen LogP contribution >= 0.6 is 11.3 Å². The van der Waals surface area contributed by atoms with Gasteiger partial charge in [-0.2, -0.15) is 0 Å². The van der Waals surface area contributed by atoms with Crippen molar-refractivity contribution in [3.8, 4) is 0 Å². The van der Waals surface area contributed by atoms with E-state index in [1.165, 1.54) is 23.0 Å². The molecular formula is C27H27FN4O2S. The second kappa shape index (κ2) is 9.62. The number of piperidine rings is 1. The number of aryl methyl sites for hydroxylation is 2. The Kier molecular flexibility index (Phi) is 6.38. The summed E-state index contributed by atoms with van der Waals surface area (Å²) >= 11 is 1.41. The van der Waals surface area contributed by atoms with E-state index in [-0.39, 0.29) is 23.2 Å². The number of carbonyl (C=O) groups excluding carboxylic acids is 1. The van der Waals surface area contributed by atoms with Crippen LogP contribution in [0.25, 0.3) is 10.2 Å². The summed E-state index contributed by atoms with van der Waals surface area (Å²) in [7, 11) is 0. The molecule has 1 fully saturated rings. The summed E-state index contributed by atoms with van der Waals surface area (Å²) in [6, 6.07) is 14.8. The molecule has 8 heteroatoms. The molecule has 1 aliphatic heterocycles. The number of nitrogens with one attached hydrogen (secondary N) is 1. The molecule has 1 saturated heterocycles. The van der Waals surface area contributed by atoms with Crippen LogP contribution in [0.2, 0.25) is 0 Å². The van der Waals surface area contributed by atoms with E-state index >= 15 is 0 Å². The van der Waals surface area contributed by atoms with Crippen LogP contribution in [0, 0.1) is 25.6 Å². The lowest BCUT2D eigenvalue weighted by Gasteiger charge is -2.33. The van der Waals surface area contributed by atoms with E-state index < -0.39 is 0 Å². The third-order valence-electron chi connectivity index (χ3n) is 6.59. The van der Waals surface area contributed by atoms with Gasteiger partial charge in [0, 0.05) is 24.7 Å². The van der Waals surface area contributed by atoms with Gasteiger partial charge in [-0.3, -0.25) is 14.2 Å². The molecule has 3 heterocycles. The number of hydrogen-bond donors (Lipinski definition) is 1. The number of rotatable bonds is 5. The number of benzene rings is 2. The molecule has 0 bridgehead atoms. The SMILES string of the molecule is Cc1ccc(Cn2c(N3CCC(C(=O)Nc4ccc(C)c(F)c4)CC3)nc3ccsc3c2=O)cc1. The summed E-state index contributed by atoms with van der Waals surface area (Å²) in [5.74, 6) is 0.0176. The van der Waals surface area contributed by atoms with Crippen molar-refractivity contribution in [2.75, 3.05) is 23.3 Å². The average Bonchev–Trinajstić information content (AvgIpc) is 3.33. The Morgan fingerprint density at radius 3 is 2.57 bits per heavy atom. The number of anilines is 2. The molecule has 0 atom stereocenters. The van der Waals surface area contributed by atoms with Crippen molar-refractivity contribution in [3.63, 3.8) is 0 Å². The van der Waals surface area contributed by atoms with Gasteiger partial charge in [-0.25, -0.2) is 9.37 Å². The predicted molar refractivity (Wildman–Crippen MR) is 139 cm³/mol. The Hall–Kier alpha value is -3.52. The minimum atomic E-state index is -0.334. The van der Waals surface area contributed by atoms with Crippen LogP contribution in [0.3, 0.4) is 0 Å². The molecule has 180 valence electrons. The molecule has 0 aliphatic carbocycles. The summed E-state index contributed by atoms with van der Waals surface area (Å²) in [6.07, 6.45) is 1.25. The molecule has 2 aromatic heterocycles. The van der Waals surface area contributed by atoms with E-state index in [2.05, 4.69) is 10.2 Å². The minimum Gasteiger partial charge on any atom is -0.342 e. The Morgan fingerprint density at radius 1 is 1.11 bits per heavy atom. The molecule has 0 spiro atoms. The second-order valence-corrected chi connectivity index (χ2v) is 10.1. The van der Waals surface area contributed by atoms with Crippen molar-refractivity contribution in [3.05, 3.63) is 86.8 Å². The van der Waals surface area contributed by atoms with Crippen LogP contribution in [0.15, 0.2) is 58.7 Å². The first-order chi connectivity index (χ1) is 16.9. The summed E-state index contributed by atoms with van der Waals surface area (Å²) in [5.41, 5.74) is 3.89. The first-order valence-electron chi connectivity index (χ1n) is 11.7. The fourth-order valence-corrected chi connectivity index (χ4v) is 5.23. The molecule has 4 aromatic rings. The Bertz CT molecular complexity index is 1440. The van der Waals surface area contributed by atoms with Gasteiger partial charge in [0.05, 0.1) is 12.1 Å². The maximum absolute atomic E-state index is 13.9. The smallest absolute Gasteiger partial charge is 0.273 e. The third kappa shape index (κ3) is 4.84. The lowest BCUT2D eigenvalue weighted by Crippen LogP contribution is -2.41. The molecule has 0 radical (unpaired) electrons. The number of nitrogens with zero attached hydrogens (tertiary/aromatic N) is 3. The summed E-state index contributed by atoms with van der Waals surface area (Å²) in [6.45, 7) is 5.38. The van der Waals surface area contributed by atoms with Crippen molar-refractivity contribution >= 4 is 39.1 Å². The first kappa shape index (κ1) is 23.2. The monoisotopic (exact) mass is 490 g/mol. The van der Waals surface area contributed by atoms with Gasteiger partial charge in [-0.1, -0.05) is 35.9 Å². The van der Waals surface area contributed by atoms with Crippen molar-refractivity contribution < 1.29 is 9.18 Å². The highest BCUT2D eigenvalue weighted by Crippen LogP contribution is 2.26. The molecule has 1 N–H and O–H groups in total. The van der Waals surface area contributed by atoms with Crippen molar-refractivity contribution in [2.24, 2.45) is 5.92 Å². The van der Waals surface area contributed by atoms with E-state index in [0.717, 1.165) is 5.56 Å². The van der Waals surface area contributed by atoms with Gasteiger partial charge in [0.1, 0.15) is 10.5 Å². The zero-order valence-corrected chi connectivity index (χ0v) is 20.6. The van der Waals surface area contributed by atoms with E-state index in [4.69, 9.17) is 4.98 Å². The average molecular weight is 491 g/mol. The fraction of sp³-hybridized carbons (Fsp3) is 0.296. The van der Waals surface area contributed by atoms with Crippen molar-refractivity contribution in [2.45, 2.75) is 33.2 Å². The van der Waals surface area contributed by atoms with E-state index in [1.807, 2.05) is 42.6 Å². The van der Waals surface area contributed by atoms with E-state index in [1.54, 1.807) is 23.6 Å². The van der Waals surface area contributed by atoms with E-state index in [0.29, 0.717) is 59.9 Å². The molecule has 35 heavy (non-hydrogen) atoms.